The highest BCUT2D eigenvalue weighted by molar-refractivity contribution is 7.91. The van der Waals surface area contributed by atoms with E-state index in [0.717, 1.165) is 76.1 Å². The Hall–Kier alpha value is -3.94. The number of aromatic nitrogens is 1. The van der Waals surface area contributed by atoms with E-state index in [0.29, 0.717) is 5.92 Å². The van der Waals surface area contributed by atoms with Gasteiger partial charge in [0.15, 0.2) is 0 Å². The second-order valence-corrected chi connectivity index (χ2v) is 14.4. The van der Waals surface area contributed by atoms with Crippen molar-refractivity contribution in [1.82, 2.24) is 15.2 Å². The molecule has 3 heterocycles. The summed E-state index contributed by atoms with van der Waals surface area (Å²) in [5.41, 5.74) is 1.32. The second kappa shape index (κ2) is 12.6. The molecule has 1 amide bonds. The molecule has 0 bridgehead atoms. The van der Waals surface area contributed by atoms with Crippen LogP contribution in [0, 0.1) is 29.1 Å². The SMILES string of the molecule is N#CC(c1ccccc1)(C1CCN(CC2CN(c3ccc(S(=O)(=O)c4ccncc4)cc3)C2)CC1)[C@@H]1CCC[C@H]1NC(=O)O. The Morgan fingerprint density at radius 2 is 1.61 bits per heavy atom. The van der Waals surface area contributed by atoms with Crippen LogP contribution in [-0.2, 0) is 15.3 Å². The summed E-state index contributed by atoms with van der Waals surface area (Å²) in [7, 11) is -3.56. The van der Waals surface area contributed by atoms with Crippen molar-refractivity contribution in [3.8, 4) is 6.07 Å². The molecule has 2 N–H and O–H groups in total. The van der Waals surface area contributed by atoms with Gasteiger partial charge in [-0.3, -0.25) is 4.98 Å². The lowest BCUT2D eigenvalue weighted by Crippen LogP contribution is -2.55. The number of carbonyl (C=O) groups is 1. The van der Waals surface area contributed by atoms with E-state index in [1.54, 1.807) is 12.1 Å². The summed E-state index contributed by atoms with van der Waals surface area (Å²) in [6.07, 6.45) is 6.31. The van der Waals surface area contributed by atoms with E-state index in [1.807, 2.05) is 30.3 Å². The van der Waals surface area contributed by atoms with E-state index in [2.05, 4.69) is 38.3 Å². The Morgan fingerprint density at radius 3 is 2.25 bits per heavy atom. The lowest BCUT2D eigenvalue weighted by Gasteiger charge is -2.48. The van der Waals surface area contributed by atoms with Crippen molar-refractivity contribution >= 4 is 21.6 Å². The molecule has 0 radical (unpaired) electrons. The largest absolute Gasteiger partial charge is 0.465 e. The first-order chi connectivity index (χ1) is 21.3. The van der Waals surface area contributed by atoms with E-state index < -0.39 is 21.3 Å². The van der Waals surface area contributed by atoms with Crippen LogP contribution >= 0.6 is 0 Å². The molecule has 0 spiro atoms. The number of nitriles is 1. The molecule has 3 aromatic rings. The fraction of sp³-hybridized carbons (Fsp3) is 0.441. The maximum Gasteiger partial charge on any atom is 0.404 e. The lowest BCUT2D eigenvalue weighted by atomic mass is 9.59. The topological polar surface area (TPSA) is 127 Å². The number of piperidine rings is 1. The predicted molar refractivity (Wildman–Crippen MR) is 167 cm³/mol. The van der Waals surface area contributed by atoms with Gasteiger partial charge in [-0.25, -0.2) is 13.2 Å². The number of nitrogens with zero attached hydrogens (tertiary/aromatic N) is 4. The number of likely N-dealkylation sites (tertiary alicyclic amines) is 1. The third-order valence-corrected chi connectivity index (χ3v) is 11.8. The zero-order chi connectivity index (χ0) is 30.7. The number of sulfone groups is 1. The average Bonchev–Trinajstić information content (AvgIpc) is 3.49. The molecule has 10 heteroatoms. The molecule has 1 aromatic heterocycles. The van der Waals surface area contributed by atoms with Crippen molar-refractivity contribution in [3.63, 3.8) is 0 Å². The summed E-state index contributed by atoms with van der Waals surface area (Å²) in [5, 5.41) is 23.1. The first-order valence-electron chi connectivity index (χ1n) is 15.5. The monoisotopic (exact) mass is 613 g/mol. The van der Waals surface area contributed by atoms with Gasteiger partial charge in [-0.1, -0.05) is 36.8 Å². The van der Waals surface area contributed by atoms with E-state index in [-0.39, 0.29) is 27.7 Å². The Balaban J connectivity index is 1.06. The molecule has 1 aliphatic carbocycles. The second-order valence-electron chi connectivity index (χ2n) is 12.5. The molecule has 230 valence electrons. The van der Waals surface area contributed by atoms with Crippen molar-refractivity contribution in [3.05, 3.63) is 84.7 Å². The zero-order valence-electron chi connectivity index (χ0n) is 24.8. The molecule has 1 unspecified atom stereocenters. The Kier molecular flexibility index (Phi) is 8.61. The minimum Gasteiger partial charge on any atom is -0.465 e. The van der Waals surface area contributed by atoms with Gasteiger partial charge in [-0.15, -0.1) is 0 Å². The zero-order valence-corrected chi connectivity index (χ0v) is 25.6. The highest BCUT2D eigenvalue weighted by Gasteiger charge is 2.52. The van der Waals surface area contributed by atoms with Crippen LogP contribution in [0.4, 0.5) is 10.5 Å². The summed E-state index contributed by atoms with van der Waals surface area (Å²) >= 11 is 0. The number of pyridine rings is 1. The quantitative estimate of drug-likeness (QED) is 0.347. The van der Waals surface area contributed by atoms with Gasteiger partial charge in [0.2, 0.25) is 9.84 Å². The van der Waals surface area contributed by atoms with E-state index in [1.165, 1.54) is 24.5 Å². The molecular weight excluding hydrogens is 574 g/mol. The van der Waals surface area contributed by atoms with Crippen LogP contribution in [0.2, 0.25) is 0 Å². The fourth-order valence-corrected chi connectivity index (χ4v) is 9.11. The summed E-state index contributed by atoms with van der Waals surface area (Å²) in [6, 6.07) is 22.8. The third-order valence-electron chi connectivity index (χ3n) is 10.0. The smallest absolute Gasteiger partial charge is 0.404 e. The third kappa shape index (κ3) is 5.78. The van der Waals surface area contributed by atoms with Crippen LogP contribution in [-0.4, -0.2) is 68.3 Å². The summed E-state index contributed by atoms with van der Waals surface area (Å²) in [6.45, 7) is 4.68. The van der Waals surface area contributed by atoms with Crippen LogP contribution < -0.4 is 10.2 Å². The van der Waals surface area contributed by atoms with Gasteiger partial charge in [0.25, 0.3) is 0 Å². The summed E-state index contributed by atoms with van der Waals surface area (Å²) < 4.78 is 25.8. The molecule has 44 heavy (non-hydrogen) atoms. The van der Waals surface area contributed by atoms with E-state index in [4.69, 9.17) is 0 Å². The van der Waals surface area contributed by atoms with Gasteiger partial charge in [0, 0.05) is 55.6 Å². The Bertz CT molecular complexity index is 1580. The number of hydrogen-bond acceptors (Lipinski definition) is 7. The average molecular weight is 614 g/mol. The van der Waals surface area contributed by atoms with Crippen molar-refractivity contribution in [2.24, 2.45) is 17.8 Å². The molecule has 3 fully saturated rings. The normalized spacial score (nSPS) is 22.9. The number of benzene rings is 2. The van der Waals surface area contributed by atoms with Gasteiger partial charge in [-0.05, 0) is 86.7 Å². The van der Waals surface area contributed by atoms with Crippen LogP contribution in [0.25, 0.3) is 0 Å². The van der Waals surface area contributed by atoms with Crippen molar-refractivity contribution < 1.29 is 18.3 Å². The van der Waals surface area contributed by atoms with Crippen LogP contribution in [0.3, 0.4) is 0 Å². The number of hydrogen-bond donors (Lipinski definition) is 2. The number of amides is 1. The lowest BCUT2D eigenvalue weighted by molar-refractivity contribution is 0.0950. The van der Waals surface area contributed by atoms with Crippen LogP contribution in [0.1, 0.15) is 37.7 Å². The van der Waals surface area contributed by atoms with Crippen molar-refractivity contribution in [2.75, 3.05) is 37.6 Å². The van der Waals surface area contributed by atoms with Gasteiger partial charge < -0.3 is 20.2 Å². The Morgan fingerprint density at radius 1 is 0.955 bits per heavy atom. The first-order valence-corrected chi connectivity index (χ1v) is 17.0. The molecule has 3 atom stereocenters. The molecule has 2 aliphatic heterocycles. The van der Waals surface area contributed by atoms with Crippen molar-refractivity contribution in [1.29, 1.82) is 5.26 Å². The molecule has 2 saturated heterocycles. The highest BCUT2D eigenvalue weighted by atomic mass is 32.2. The van der Waals surface area contributed by atoms with Crippen LogP contribution in [0.5, 0.6) is 0 Å². The summed E-state index contributed by atoms with van der Waals surface area (Å²) in [5.74, 6) is 0.640. The number of rotatable bonds is 9. The first kappa shape index (κ1) is 30.1. The molecular formula is C34H39N5O4S. The molecule has 2 aromatic carbocycles. The van der Waals surface area contributed by atoms with Crippen LogP contribution in [0.15, 0.2) is 88.9 Å². The molecule has 1 saturated carbocycles. The molecule has 9 nitrogen and oxygen atoms in total. The number of carboxylic acid groups (broad SMARTS) is 1. The van der Waals surface area contributed by atoms with Gasteiger partial charge in [0.1, 0.15) is 0 Å². The van der Waals surface area contributed by atoms with Gasteiger partial charge in [0.05, 0.1) is 21.3 Å². The Labute approximate surface area is 259 Å². The highest BCUT2D eigenvalue weighted by Crippen LogP contribution is 2.50. The summed E-state index contributed by atoms with van der Waals surface area (Å²) in [4.78, 5) is 20.8. The van der Waals surface area contributed by atoms with E-state index in [9.17, 15) is 23.6 Å². The van der Waals surface area contributed by atoms with Crippen molar-refractivity contribution in [2.45, 2.75) is 53.4 Å². The molecule has 6 rings (SSSR count). The number of nitrogens with one attached hydrogen (secondary N) is 1. The fourth-order valence-electron chi connectivity index (χ4n) is 7.86. The molecule has 3 aliphatic rings. The minimum absolute atomic E-state index is 0.0474. The minimum atomic E-state index is -3.56. The maximum atomic E-state index is 12.9. The van der Waals surface area contributed by atoms with Gasteiger partial charge in [-0.2, -0.15) is 5.26 Å². The van der Waals surface area contributed by atoms with E-state index >= 15 is 0 Å². The number of anilines is 1. The van der Waals surface area contributed by atoms with Gasteiger partial charge >= 0.3 is 6.09 Å². The maximum absolute atomic E-state index is 12.9. The standard InChI is InChI=1S/C34H39N5O4S/c35-24-34(26-5-2-1-3-6-26,31-7-4-8-32(31)37-33(40)41)27-15-19-38(20-16-27)21-25-22-39(23-25)28-9-11-29(12-10-28)44(42,43)30-13-17-36-18-14-30/h1-3,5-6,9-14,17-18,25,27,31-32,37H,4,7-8,15-16,19-23H2,(H,40,41)/t31-,32-,34?/m1/s1. The predicted octanol–water partition coefficient (Wildman–Crippen LogP) is 4.96.